The van der Waals surface area contributed by atoms with Crippen molar-refractivity contribution in [1.29, 1.82) is 0 Å². The summed E-state index contributed by atoms with van der Waals surface area (Å²) in [6.07, 6.45) is 0.285. The second kappa shape index (κ2) is 16.8. The molecule has 3 aliphatic rings. The molecular weight excluding hydrogens is 735 g/mol. The Morgan fingerprint density at radius 3 is 2.35 bits per heavy atom. The molecule has 8 rings (SSSR count). The van der Waals surface area contributed by atoms with Gasteiger partial charge in [-0.1, -0.05) is 35.9 Å². The first kappa shape index (κ1) is 38.5. The SMILES string of the molecule is CC(C)(OC(=O)c1ccccc1)C1Cc2cc3ccc(=O)oc3cc2O1.Cl.O=C(COc1ccc(Cl)cc1)N1CCN(Cc2ccc3c(c2)OCO3)CC1. The molecule has 1 aromatic heterocycles. The molecule has 0 saturated carbocycles. The average Bonchev–Trinajstić information content (AvgIpc) is 3.81. The second-order valence-corrected chi connectivity index (χ2v) is 13.9. The summed E-state index contributed by atoms with van der Waals surface area (Å²) < 4.78 is 33.3. The summed E-state index contributed by atoms with van der Waals surface area (Å²) in [5, 5.41) is 1.49. The maximum atomic E-state index is 12.4. The van der Waals surface area contributed by atoms with Gasteiger partial charge in [0, 0.05) is 61.7 Å². The number of carbonyl (C=O) groups is 2. The van der Waals surface area contributed by atoms with Gasteiger partial charge in [0.1, 0.15) is 28.8 Å². The van der Waals surface area contributed by atoms with Crippen molar-refractivity contribution in [2.24, 2.45) is 0 Å². The fourth-order valence-electron chi connectivity index (χ4n) is 6.35. The highest BCUT2D eigenvalue weighted by Gasteiger charge is 2.40. The number of hydrogen-bond donors (Lipinski definition) is 0. The Balaban J connectivity index is 0.000000181. The number of benzene rings is 4. The first-order chi connectivity index (χ1) is 25.6. The summed E-state index contributed by atoms with van der Waals surface area (Å²) in [5.74, 6) is 2.53. The Morgan fingerprint density at radius 2 is 1.59 bits per heavy atom. The Morgan fingerprint density at radius 1 is 0.852 bits per heavy atom. The van der Waals surface area contributed by atoms with E-state index in [-0.39, 0.29) is 43.8 Å². The number of nitrogens with zero attached hydrogens (tertiary/aromatic N) is 2. The number of fused-ring (bicyclic) bond motifs is 3. The van der Waals surface area contributed by atoms with Crippen molar-refractivity contribution in [3.63, 3.8) is 0 Å². The maximum absolute atomic E-state index is 12.4. The van der Waals surface area contributed by atoms with Gasteiger partial charge >= 0.3 is 11.6 Å². The lowest BCUT2D eigenvalue weighted by molar-refractivity contribution is -0.135. The number of rotatable bonds is 8. The maximum Gasteiger partial charge on any atom is 0.338 e. The van der Waals surface area contributed by atoms with E-state index in [1.807, 2.05) is 43.0 Å². The molecule has 13 heteroatoms. The molecule has 0 bridgehead atoms. The van der Waals surface area contributed by atoms with Crippen LogP contribution < -0.4 is 24.6 Å². The molecule has 0 aliphatic carbocycles. The minimum Gasteiger partial charge on any atom is -0.485 e. The van der Waals surface area contributed by atoms with Gasteiger partial charge in [-0.2, -0.15) is 0 Å². The van der Waals surface area contributed by atoms with E-state index in [0.717, 1.165) is 42.1 Å². The van der Waals surface area contributed by atoms with Gasteiger partial charge < -0.3 is 33.0 Å². The molecule has 5 aromatic rings. The van der Waals surface area contributed by atoms with Gasteiger partial charge in [-0.25, -0.2) is 9.59 Å². The van der Waals surface area contributed by atoms with Gasteiger partial charge in [-0.3, -0.25) is 9.69 Å². The van der Waals surface area contributed by atoms with Crippen LogP contribution in [0.1, 0.15) is 35.3 Å². The highest BCUT2D eigenvalue weighted by molar-refractivity contribution is 6.30. The van der Waals surface area contributed by atoms with Crippen LogP contribution >= 0.6 is 24.0 Å². The largest absolute Gasteiger partial charge is 0.485 e. The Kier molecular flexibility index (Phi) is 12.0. The van der Waals surface area contributed by atoms with Crippen LogP contribution in [0.5, 0.6) is 23.0 Å². The van der Waals surface area contributed by atoms with Crippen molar-refractivity contribution < 1.29 is 37.7 Å². The lowest BCUT2D eigenvalue weighted by atomic mass is 9.96. The van der Waals surface area contributed by atoms with Crippen molar-refractivity contribution in [2.45, 2.75) is 38.5 Å². The Labute approximate surface area is 323 Å². The molecule has 1 unspecified atom stereocenters. The molecule has 0 spiro atoms. The smallest absolute Gasteiger partial charge is 0.338 e. The zero-order valence-corrected chi connectivity index (χ0v) is 31.4. The summed E-state index contributed by atoms with van der Waals surface area (Å²) in [5.41, 5.74) is 1.95. The van der Waals surface area contributed by atoms with Crippen LogP contribution in [0.25, 0.3) is 11.0 Å². The van der Waals surface area contributed by atoms with Gasteiger partial charge in [0.05, 0.1) is 5.56 Å². The van der Waals surface area contributed by atoms with E-state index < -0.39 is 11.2 Å². The fourth-order valence-corrected chi connectivity index (χ4v) is 6.48. The normalized spacial score (nSPS) is 16.0. The van der Waals surface area contributed by atoms with E-state index in [0.29, 0.717) is 47.2 Å². The third-order valence-corrected chi connectivity index (χ3v) is 9.61. The lowest BCUT2D eigenvalue weighted by Crippen LogP contribution is -2.49. The number of carbonyl (C=O) groups excluding carboxylic acids is 2. The van der Waals surface area contributed by atoms with Crippen LogP contribution in [0.3, 0.4) is 0 Å². The third kappa shape index (κ3) is 9.28. The number of esters is 1. The number of amides is 1. The van der Waals surface area contributed by atoms with Crippen LogP contribution in [0.4, 0.5) is 0 Å². The van der Waals surface area contributed by atoms with E-state index in [2.05, 4.69) is 11.0 Å². The molecule has 4 aromatic carbocycles. The molecule has 1 fully saturated rings. The number of piperazine rings is 1. The van der Waals surface area contributed by atoms with E-state index in [4.69, 9.17) is 39.7 Å². The predicted octanol–water partition coefficient (Wildman–Crippen LogP) is 6.95. The molecule has 1 amide bonds. The van der Waals surface area contributed by atoms with Crippen LogP contribution in [-0.4, -0.2) is 73.0 Å². The summed E-state index contributed by atoms with van der Waals surface area (Å²) in [7, 11) is 0. The van der Waals surface area contributed by atoms with Crippen LogP contribution in [0.2, 0.25) is 5.02 Å². The molecule has 4 heterocycles. The van der Waals surface area contributed by atoms with E-state index in [1.165, 1.54) is 11.6 Å². The summed E-state index contributed by atoms with van der Waals surface area (Å²) in [6.45, 7) is 7.92. The van der Waals surface area contributed by atoms with Gasteiger partial charge in [0.25, 0.3) is 5.91 Å². The summed E-state index contributed by atoms with van der Waals surface area (Å²) in [4.78, 5) is 40.3. The Hall–Kier alpha value is -5.23. The second-order valence-electron chi connectivity index (χ2n) is 13.5. The molecular formula is C41H40Cl2N2O9. The van der Waals surface area contributed by atoms with Crippen LogP contribution in [0.15, 0.2) is 106 Å². The monoisotopic (exact) mass is 774 g/mol. The molecule has 0 N–H and O–H groups in total. The van der Waals surface area contributed by atoms with Gasteiger partial charge in [-0.05, 0) is 85.6 Å². The minimum absolute atomic E-state index is 0. The van der Waals surface area contributed by atoms with E-state index in [1.54, 1.807) is 60.7 Å². The highest BCUT2D eigenvalue weighted by atomic mass is 35.5. The quantitative estimate of drug-likeness (QED) is 0.121. The van der Waals surface area contributed by atoms with E-state index in [9.17, 15) is 14.4 Å². The lowest BCUT2D eigenvalue weighted by Gasteiger charge is -2.34. The van der Waals surface area contributed by atoms with Gasteiger partial charge in [-0.15, -0.1) is 12.4 Å². The predicted molar refractivity (Wildman–Crippen MR) is 205 cm³/mol. The number of ether oxygens (including phenoxy) is 5. The van der Waals surface area contributed by atoms with Crippen molar-refractivity contribution in [3.8, 4) is 23.0 Å². The topological polar surface area (TPSA) is 117 Å². The molecule has 282 valence electrons. The molecule has 1 saturated heterocycles. The van der Waals surface area contributed by atoms with Crippen LogP contribution in [0, 0.1) is 0 Å². The fraction of sp³-hybridized carbons (Fsp3) is 0.293. The van der Waals surface area contributed by atoms with Crippen molar-refractivity contribution >= 4 is 46.9 Å². The number of halogens is 2. The first-order valence-corrected chi connectivity index (χ1v) is 17.8. The third-order valence-electron chi connectivity index (χ3n) is 9.36. The Bertz CT molecular complexity index is 2150. The summed E-state index contributed by atoms with van der Waals surface area (Å²) >= 11 is 5.85. The van der Waals surface area contributed by atoms with Gasteiger partial charge in [0.15, 0.2) is 18.1 Å². The number of hydrogen-bond acceptors (Lipinski definition) is 10. The van der Waals surface area contributed by atoms with Crippen molar-refractivity contribution in [3.05, 3.63) is 129 Å². The van der Waals surface area contributed by atoms with E-state index >= 15 is 0 Å². The van der Waals surface area contributed by atoms with Gasteiger partial charge in [0.2, 0.25) is 6.79 Å². The van der Waals surface area contributed by atoms with Crippen LogP contribution in [-0.2, 0) is 22.5 Å². The van der Waals surface area contributed by atoms with Crippen molar-refractivity contribution in [1.82, 2.24) is 9.80 Å². The molecule has 0 radical (unpaired) electrons. The highest BCUT2D eigenvalue weighted by Crippen LogP contribution is 2.37. The first-order valence-electron chi connectivity index (χ1n) is 17.4. The zero-order valence-electron chi connectivity index (χ0n) is 29.8. The summed E-state index contributed by atoms with van der Waals surface area (Å²) in [6, 6.07) is 28.7. The standard InChI is InChI=1S/C21H18O5.C20H21ClN2O4.ClH/c1-21(2,26-20(23)13-6-4-3-5-7-13)18-11-15-10-14-8-9-19(22)25-16(14)12-17(15)24-18;21-16-2-4-17(5-3-16)25-13-20(24)23-9-7-22(8-10-23)12-15-1-6-18-19(11-15)27-14-26-18;/h3-10,12,18H,11H2,1-2H3;1-6,11H,7-10,12-14H2;1H. The minimum atomic E-state index is -0.820. The molecule has 54 heavy (non-hydrogen) atoms. The average molecular weight is 776 g/mol. The molecule has 1 atom stereocenters. The molecule has 3 aliphatic heterocycles. The molecule has 11 nitrogen and oxygen atoms in total. The van der Waals surface area contributed by atoms with Crippen molar-refractivity contribution in [2.75, 3.05) is 39.6 Å². The zero-order chi connectivity index (χ0) is 37.0.